The van der Waals surface area contributed by atoms with Crippen LogP contribution in [0.25, 0.3) is 0 Å². The number of carbonyl (C=O) groups excluding carboxylic acids is 1. The molecule has 4 heteroatoms. The van der Waals surface area contributed by atoms with Crippen LogP contribution in [0, 0.1) is 5.92 Å². The average molecular weight is 268 g/mol. The number of amides is 1. The second-order valence-corrected chi connectivity index (χ2v) is 5.86. The maximum atomic E-state index is 12.5. The minimum atomic E-state index is 0.0504. The summed E-state index contributed by atoms with van der Waals surface area (Å²) in [6.45, 7) is 6.90. The molecule has 2 rings (SSSR count). The van der Waals surface area contributed by atoms with E-state index in [0.29, 0.717) is 11.8 Å². The molecule has 4 nitrogen and oxygen atoms in total. The highest BCUT2D eigenvalue weighted by Crippen LogP contribution is 2.22. The highest BCUT2D eigenvalue weighted by atomic mass is 16.5. The van der Waals surface area contributed by atoms with E-state index in [2.05, 4.69) is 24.1 Å². The monoisotopic (exact) mass is 268 g/mol. The van der Waals surface area contributed by atoms with Crippen LogP contribution in [0.1, 0.15) is 52.4 Å². The SMILES string of the molecule is CCCCC1NC(CC)N(CC2CCCOC2)C1=O. The van der Waals surface area contributed by atoms with Crippen LogP contribution in [0.4, 0.5) is 0 Å². The van der Waals surface area contributed by atoms with Gasteiger partial charge < -0.3 is 9.64 Å². The second kappa shape index (κ2) is 7.25. The third kappa shape index (κ3) is 3.69. The Labute approximate surface area is 116 Å². The summed E-state index contributed by atoms with van der Waals surface area (Å²) in [5.41, 5.74) is 0. The molecule has 19 heavy (non-hydrogen) atoms. The lowest BCUT2D eigenvalue weighted by molar-refractivity contribution is -0.131. The zero-order valence-electron chi connectivity index (χ0n) is 12.4. The van der Waals surface area contributed by atoms with Crippen LogP contribution in [-0.4, -0.2) is 42.8 Å². The summed E-state index contributed by atoms with van der Waals surface area (Å²) >= 11 is 0. The maximum absolute atomic E-state index is 12.5. The van der Waals surface area contributed by atoms with E-state index < -0.39 is 0 Å². The van der Waals surface area contributed by atoms with E-state index in [1.165, 1.54) is 6.42 Å². The van der Waals surface area contributed by atoms with Crippen LogP contribution in [0.3, 0.4) is 0 Å². The lowest BCUT2D eigenvalue weighted by Crippen LogP contribution is -2.41. The molecule has 2 heterocycles. The Morgan fingerprint density at radius 1 is 1.42 bits per heavy atom. The Balaban J connectivity index is 1.91. The van der Waals surface area contributed by atoms with Gasteiger partial charge in [-0.1, -0.05) is 26.7 Å². The molecule has 0 saturated carbocycles. The number of hydrogen-bond donors (Lipinski definition) is 1. The molecular weight excluding hydrogens is 240 g/mol. The molecular formula is C15H28N2O2. The lowest BCUT2D eigenvalue weighted by atomic mass is 10.0. The smallest absolute Gasteiger partial charge is 0.241 e. The predicted octanol–water partition coefficient (Wildman–Crippen LogP) is 2.14. The predicted molar refractivity (Wildman–Crippen MR) is 75.8 cm³/mol. The van der Waals surface area contributed by atoms with Crippen LogP contribution in [0.15, 0.2) is 0 Å². The summed E-state index contributed by atoms with van der Waals surface area (Å²) in [5, 5.41) is 3.50. The molecule has 1 N–H and O–H groups in total. The molecule has 0 aromatic rings. The molecule has 0 aliphatic carbocycles. The Bertz CT molecular complexity index is 290. The zero-order valence-corrected chi connectivity index (χ0v) is 12.4. The largest absolute Gasteiger partial charge is 0.381 e. The van der Waals surface area contributed by atoms with Crippen LogP contribution in [-0.2, 0) is 9.53 Å². The summed E-state index contributed by atoms with van der Waals surface area (Å²) < 4.78 is 5.53. The fourth-order valence-corrected chi connectivity index (χ4v) is 3.15. The van der Waals surface area contributed by atoms with Crippen molar-refractivity contribution in [2.75, 3.05) is 19.8 Å². The lowest BCUT2D eigenvalue weighted by Gasteiger charge is -2.30. The highest BCUT2D eigenvalue weighted by molar-refractivity contribution is 5.84. The third-order valence-corrected chi connectivity index (χ3v) is 4.29. The summed E-state index contributed by atoms with van der Waals surface area (Å²) in [5.74, 6) is 0.837. The van der Waals surface area contributed by atoms with Crippen molar-refractivity contribution in [2.24, 2.45) is 5.92 Å². The zero-order chi connectivity index (χ0) is 13.7. The minimum Gasteiger partial charge on any atom is -0.381 e. The summed E-state index contributed by atoms with van der Waals surface area (Å²) in [4.78, 5) is 14.5. The number of unbranched alkanes of at least 4 members (excludes halogenated alkanes) is 1. The summed E-state index contributed by atoms with van der Waals surface area (Å²) in [6.07, 6.45) is 6.80. The molecule has 1 amide bonds. The number of nitrogens with one attached hydrogen (secondary N) is 1. The number of nitrogens with zero attached hydrogens (tertiary/aromatic N) is 1. The Hall–Kier alpha value is -0.610. The van der Waals surface area contributed by atoms with E-state index in [-0.39, 0.29) is 12.2 Å². The molecule has 0 spiro atoms. The van der Waals surface area contributed by atoms with E-state index in [1.807, 2.05) is 0 Å². The molecule has 0 aromatic carbocycles. The highest BCUT2D eigenvalue weighted by Gasteiger charge is 2.38. The summed E-state index contributed by atoms with van der Waals surface area (Å²) in [7, 11) is 0. The van der Waals surface area contributed by atoms with Gasteiger partial charge in [0.1, 0.15) is 0 Å². The number of rotatable bonds is 6. The van der Waals surface area contributed by atoms with Gasteiger partial charge in [-0.2, -0.15) is 0 Å². The molecule has 0 radical (unpaired) electrons. The first kappa shape index (κ1) is 14.8. The number of carbonyl (C=O) groups is 1. The van der Waals surface area contributed by atoms with Crippen molar-refractivity contribution >= 4 is 5.91 Å². The van der Waals surface area contributed by atoms with Gasteiger partial charge in [-0.05, 0) is 25.7 Å². The van der Waals surface area contributed by atoms with Crippen LogP contribution in [0.2, 0.25) is 0 Å². The summed E-state index contributed by atoms with van der Waals surface area (Å²) in [6, 6.07) is 0.0504. The molecule has 2 aliphatic heterocycles. The van der Waals surface area contributed by atoms with Gasteiger partial charge in [0.05, 0.1) is 18.8 Å². The fourth-order valence-electron chi connectivity index (χ4n) is 3.15. The number of ether oxygens (including phenoxy) is 1. The van der Waals surface area contributed by atoms with Crippen molar-refractivity contribution in [3.05, 3.63) is 0 Å². The molecule has 0 aromatic heterocycles. The van der Waals surface area contributed by atoms with Gasteiger partial charge in [0, 0.05) is 19.1 Å². The Kier molecular flexibility index (Phi) is 5.64. The quantitative estimate of drug-likeness (QED) is 0.802. The average Bonchev–Trinajstić information content (AvgIpc) is 2.74. The third-order valence-electron chi connectivity index (χ3n) is 4.29. The van der Waals surface area contributed by atoms with E-state index >= 15 is 0 Å². The second-order valence-electron chi connectivity index (χ2n) is 5.86. The molecule has 2 saturated heterocycles. The maximum Gasteiger partial charge on any atom is 0.241 e. The van der Waals surface area contributed by atoms with Gasteiger partial charge in [-0.25, -0.2) is 0 Å². The molecule has 2 aliphatic rings. The standard InChI is InChI=1S/C15H28N2O2/c1-3-5-8-13-15(18)17(14(4-2)16-13)10-12-7-6-9-19-11-12/h12-14,16H,3-11H2,1-2H3. The van der Waals surface area contributed by atoms with Gasteiger partial charge in [0.15, 0.2) is 0 Å². The number of hydrogen-bond acceptors (Lipinski definition) is 3. The van der Waals surface area contributed by atoms with Crippen molar-refractivity contribution in [2.45, 2.75) is 64.6 Å². The van der Waals surface area contributed by atoms with Gasteiger partial charge >= 0.3 is 0 Å². The van der Waals surface area contributed by atoms with Crippen molar-refractivity contribution in [3.8, 4) is 0 Å². The first-order chi connectivity index (χ1) is 9.26. The van der Waals surface area contributed by atoms with Gasteiger partial charge in [-0.3, -0.25) is 10.1 Å². The van der Waals surface area contributed by atoms with Crippen molar-refractivity contribution in [1.29, 1.82) is 0 Å². The Morgan fingerprint density at radius 3 is 2.89 bits per heavy atom. The van der Waals surface area contributed by atoms with Crippen molar-refractivity contribution < 1.29 is 9.53 Å². The first-order valence-corrected chi connectivity index (χ1v) is 7.90. The molecule has 3 unspecified atom stereocenters. The topological polar surface area (TPSA) is 41.6 Å². The van der Waals surface area contributed by atoms with Crippen LogP contribution in [0.5, 0.6) is 0 Å². The van der Waals surface area contributed by atoms with E-state index in [0.717, 1.165) is 51.9 Å². The van der Waals surface area contributed by atoms with Crippen molar-refractivity contribution in [1.82, 2.24) is 10.2 Å². The first-order valence-electron chi connectivity index (χ1n) is 7.90. The van der Waals surface area contributed by atoms with Crippen molar-refractivity contribution in [3.63, 3.8) is 0 Å². The Morgan fingerprint density at radius 2 is 2.26 bits per heavy atom. The van der Waals surface area contributed by atoms with Gasteiger partial charge in [0.2, 0.25) is 5.91 Å². The van der Waals surface area contributed by atoms with E-state index in [4.69, 9.17) is 4.74 Å². The van der Waals surface area contributed by atoms with E-state index in [9.17, 15) is 4.79 Å². The van der Waals surface area contributed by atoms with Gasteiger partial charge in [-0.15, -0.1) is 0 Å². The molecule has 110 valence electrons. The van der Waals surface area contributed by atoms with Crippen LogP contribution < -0.4 is 5.32 Å². The van der Waals surface area contributed by atoms with Crippen LogP contribution >= 0.6 is 0 Å². The minimum absolute atomic E-state index is 0.0504. The molecule has 3 atom stereocenters. The normalized spacial score (nSPS) is 32.0. The fraction of sp³-hybridized carbons (Fsp3) is 0.933. The van der Waals surface area contributed by atoms with Gasteiger partial charge in [0.25, 0.3) is 0 Å². The van der Waals surface area contributed by atoms with E-state index in [1.54, 1.807) is 0 Å². The molecule has 0 bridgehead atoms. The molecule has 2 fully saturated rings.